The first-order valence-electron chi connectivity index (χ1n) is 9.71. The average molecular weight is 396 g/mol. The van der Waals surface area contributed by atoms with E-state index in [9.17, 15) is 9.59 Å². The van der Waals surface area contributed by atoms with E-state index in [0.717, 1.165) is 11.4 Å². The fraction of sp³-hybridized carbons (Fsp3) is 0.0769. The van der Waals surface area contributed by atoms with Gasteiger partial charge in [0.25, 0.3) is 11.8 Å². The van der Waals surface area contributed by atoms with Gasteiger partial charge < -0.3 is 9.80 Å². The van der Waals surface area contributed by atoms with E-state index >= 15 is 0 Å². The van der Waals surface area contributed by atoms with Gasteiger partial charge in [0.15, 0.2) is 0 Å². The van der Waals surface area contributed by atoms with Crippen LogP contribution >= 0.6 is 0 Å². The van der Waals surface area contributed by atoms with Gasteiger partial charge in [0.1, 0.15) is 0 Å². The molecule has 0 radical (unpaired) electrons. The first-order chi connectivity index (χ1) is 14.7. The van der Waals surface area contributed by atoms with Crippen molar-refractivity contribution in [3.05, 3.63) is 121 Å². The third-order valence-corrected chi connectivity index (χ3v) is 4.63. The monoisotopic (exact) mass is 396 g/mol. The Morgan fingerprint density at radius 3 is 1.23 bits per heavy atom. The molecule has 0 aliphatic carbocycles. The lowest BCUT2D eigenvalue weighted by Gasteiger charge is -2.23. The minimum atomic E-state index is -0.147. The highest BCUT2D eigenvalue weighted by atomic mass is 16.2. The van der Waals surface area contributed by atoms with Crippen LogP contribution in [0.4, 0.5) is 11.4 Å². The molecule has 0 spiro atoms. The van der Waals surface area contributed by atoms with E-state index in [2.05, 4.69) is 13.2 Å². The lowest BCUT2D eigenvalue weighted by molar-refractivity contribution is 0.0978. The summed E-state index contributed by atoms with van der Waals surface area (Å²) in [6.45, 7) is 8.29. The van der Waals surface area contributed by atoms with Gasteiger partial charge in [-0.2, -0.15) is 0 Å². The average Bonchev–Trinajstić information content (AvgIpc) is 2.81. The summed E-state index contributed by atoms with van der Waals surface area (Å²) < 4.78 is 0. The molecule has 3 aromatic rings. The van der Waals surface area contributed by atoms with E-state index in [4.69, 9.17) is 0 Å². The van der Waals surface area contributed by atoms with Crippen LogP contribution in [0.25, 0.3) is 0 Å². The summed E-state index contributed by atoms with van der Waals surface area (Å²) in [5.41, 5.74) is 2.60. The Hall–Kier alpha value is -3.92. The molecule has 0 saturated heterocycles. The summed E-state index contributed by atoms with van der Waals surface area (Å²) >= 11 is 0. The minimum absolute atomic E-state index is 0.147. The highest BCUT2D eigenvalue weighted by Crippen LogP contribution is 2.20. The summed E-state index contributed by atoms with van der Waals surface area (Å²) in [4.78, 5) is 29.4. The number of carbonyl (C=O) groups is 2. The number of carbonyl (C=O) groups excluding carboxylic acids is 2. The van der Waals surface area contributed by atoms with E-state index in [1.807, 2.05) is 60.7 Å². The number of hydrogen-bond acceptors (Lipinski definition) is 2. The second-order valence-electron chi connectivity index (χ2n) is 6.66. The van der Waals surface area contributed by atoms with E-state index in [0.29, 0.717) is 24.2 Å². The van der Waals surface area contributed by atoms with Crippen molar-refractivity contribution in [3.8, 4) is 0 Å². The van der Waals surface area contributed by atoms with Gasteiger partial charge in [-0.05, 0) is 48.5 Å². The number of hydrogen-bond donors (Lipinski definition) is 0. The minimum Gasteiger partial charge on any atom is -0.305 e. The Morgan fingerprint density at radius 2 is 0.933 bits per heavy atom. The molecule has 0 heterocycles. The molecular formula is C26H24N2O2. The molecule has 3 aromatic carbocycles. The lowest BCUT2D eigenvalue weighted by Crippen LogP contribution is -2.32. The fourth-order valence-corrected chi connectivity index (χ4v) is 3.15. The quantitative estimate of drug-likeness (QED) is 0.482. The van der Waals surface area contributed by atoms with Crippen molar-refractivity contribution in [3.63, 3.8) is 0 Å². The zero-order chi connectivity index (χ0) is 21.3. The second kappa shape index (κ2) is 10.0. The lowest BCUT2D eigenvalue weighted by atomic mass is 10.1. The summed E-state index contributed by atoms with van der Waals surface area (Å²) in [7, 11) is 0. The molecule has 0 saturated carbocycles. The number of amides is 2. The van der Waals surface area contributed by atoms with Crippen molar-refractivity contribution in [1.82, 2.24) is 0 Å². The topological polar surface area (TPSA) is 40.6 Å². The Labute approximate surface area is 177 Å². The van der Waals surface area contributed by atoms with Crippen LogP contribution in [0.3, 0.4) is 0 Å². The zero-order valence-corrected chi connectivity index (χ0v) is 16.8. The molecule has 0 atom stereocenters. The highest BCUT2D eigenvalue weighted by Gasteiger charge is 2.19. The van der Waals surface area contributed by atoms with Gasteiger partial charge in [-0.15, -0.1) is 13.2 Å². The first kappa shape index (κ1) is 20.8. The first-order valence-corrected chi connectivity index (χ1v) is 9.71. The zero-order valence-electron chi connectivity index (χ0n) is 16.8. The van der Waals surface area contributed by atoms with Crippen LogP contribution in [-0.2, 0) is 0 Å². The van der Waals surface area contributed by atoms with Crippen molar-refractivity contribution >= 4 is 23.2 Å². The molecule has 0 unspecified atom stereocenters. The van der Waals surface area contributed by atoms with Crippen LogP contribution in [-0.4, -0.2) is 24.9 Å². The van der Waals surface area contributed by atoms with Gasteiger partial charge >= 0.3 is 0 Å². The number of anilines is 2. The van der Waals surface area contributed by atoms with Crippen LogP contribution < -0.4 is 9.80 Å². The summed E-state index contributed by atoms with van der Waals surface area (Å²) in [6.07, 6.45) is 3.38. The predicted molar refractivity (Wildman–Crippen MR) is 123 cm³/mol. The summed E-state index contributed by atoms with van der Waals surface area (Å²) in [5, 5.41) is 0. The maximum absolute atomic E-state index is 13.0. The molecule has 0 aliphatic rings. The highest BCUT2D eigenvalue weighted by molar-refractivity contribution is 6.09. The molecule has 150 valence electrons. The Bertz CT molecular complexity index is 927. The third-order valence-electron chi connectivity index (χ3n) is 4.63. The maximum Gasteiger partial charge on any atom is 0.258 e. The van der Waals surface area contributed by atoms with Gasteiger partial charge in [-0.25, -0.2) is 0 Å². The maximum atomic E-state index is 13.0. The molecule has 0 aliphatic heterocycles. The van der Waals surface area contributed by atoms with Gasteiger partial charge in [0, 0.05) is 35.6 Å². The smallest absolute Gasteiger partial charge is 0.258 e. The van der Waals surface area contributed by atoms with Crippen LogP contribution in [0.5, 0.6) is 0 Å². The molecule has 0 N–H and O–H groups in total. The van der Waals surface area contributed by atoms with Crippen LogP contribution in [0, 0.1) is 0 Å². The molecular weight excluding hydrogens is 372 g/mol. The number of nitrogens with zero attached hydrogens (tertiary/aromatic N) is 2. The Morgan fingerprint density at radius 1 is 0.600 bits per heavy atom. The van der Waals surface area contributed by atoms with Gasteiger partial charge in [0.2, 0.25) is 0 Å². The molecule has 0 bridgehead atoms. The largest absolute Gasteiger partial charge is 0.305 e. The van der Waals surface area contributed by atoms with Crippen LogP contribution in [0.15, 0.2) is 110 Å². The molecule has 4 nitrogen and oxygen atoms in total. The molecule has 0 fully saturated rings. The molecule has 3 rings (SSSR count). The van der Waals surface area contributed by atoms with E-state index in [1.54, 1.807) is 46.2 Å². The van der Waals surface area contributed by atoms with E-state index in [-0.39, 0.29) is 11.8 Å². The van der Waals surface area contributed by atoms with Gasteiger partial charge in [0.05, 0.1) is 0 Å². The Balaban J connectivity index is 1.84. The molecule has 30 heavy (non-hydrogen) atoms. The van der Waals surface area contributed by atoms with Crippen molar-refractivity contribution in [2.24, 2.45) is 0 Å². The standard InChI is InChI=1S/C26H24N2O2/c1-3-19-27(23-11-7-5-8-12-23)25(29)21-15-17-22(18-16-21)26(30)28(20-4-2)24-13-9-6-10-14-24/h3-18H,1-2,19-20H2. The predicted octanol–water partition coefficient (Wildman–Crippen LogP) is 5.35. The number of rotatable bonds is 8. The van der Waals surface area contributed by atoms with Crippen LogP contribution in [0.1, 0.15) is 20.7 Å². The summed E-state index contributed by atoms with van der Waals surface area (Å²) in [6, 6.07) is 25.6. The SMILES string of the molecule is C=CCN(C(=O)c1ccc(C(=O)N(CC=C)c2ccccc2)cc1)c1ccccc1. The third kappa shape index (κ3) is 4.73. The number of benzene rings is 3. The van der Waals surface area contributed by atoms with Gasteiger partial charge in [-0.3, -0.25) is 9.59 Å². The van der Waals surface area contributed by atoms with Crippen molar-refractivity contribution in [2.45, 2.75) is 0 Å². The van der Waals surface area contributed by atoms with Crippen LogP contribution in [0.2, 0.25) is 0 Å². The molecule has 2 amide bonds. The summed E-state index contributed by atoms with van der Waals surface area (Å²) in [5.74, 6) is -0.294. The van der Waals surface area contributed by atoms with Crippen molar-refractivity contribution < 1.29 is 9.59 Å². The fourth-order valence-electron chi connectivity index (χ4n) is 3.15. The Kier molecular flexibility index (Phi) is 6.95. The van der Waals surface area contributed by atoms with E-state index < -0.39 is 0 Å². The molecule has 0 aromatic heterocycles. The van der Waals surface area contributed by atoms with Crippen molar-refractivity contribution in [1.29, 1.82) is 0 Å². The number of para-hydroxylation sites is 2. The second-order valence-corrected chi connectivity index (χ2v) is 6.66. The van der Waals surface area contributed by atoms with Crippen molar-refractivity contribution in [2.75, 3.05) is 22.9 Å². The van der Waals surface area contributed by atoms with E-state index in [1.165, 1.54) is 0 Å². The molecule has 4 heteroatoms. The normalized spacial score (nSPS) is 10.1. The van der Waals surface area contributed by atoms with Gasteiger partial charge in [-0.1, -0.05) is 48.6 Å².